The van der Waals surface area contributed by atoms with Gasteiger partial charge in [-0.1, -0.05) is 26.7 Å². The molecule has 0 radical (unpaired) electrons. The highest BCUT2D eigenvalue weighted by atomic mass is 33.1. The lowest BCUT2D eigenvalue weighted by atomic mass is 10.0. The molecule has 1 fully saturated rings. The maximum Gasteiger partial charge on any atom is 0.128 e. The molecule has 0 aromatic heterocycles. The van der Waals surface area contributed by atoms with Gasteiger partial charge in [-0.25, -0.2) is 0 Å². The van der Waals surface area contributed by atoms with Gasteiger partial charge in [0.15, 0.2) is 0 Å². The quantitative estimate of drug-likeness (QED) is 0.403. The average Bonchev–Trinajstić information content (AvgIpc) is 2.45. The first-order chi connectivity index (χ1) is 6.20. The number of hydrogen-bond donors (Lipinski definition) is 0. The van der Waals surface area contributed by atoms with Crippen LogP contribution < -0.4 is 0 Å². The van der Waals surface area contributed by atoms with Crippen LogP contribution in [0.3, 0.4) is 0 Å². The van der Waals surface area contributed by atoms with Crippen molar-refractivity contribution in [1.82, 2.24) is 0 Å². The van der Waals surface area contributed by atoms with Crippen molar-refractivity contribution < 1.29 is 4.55 Å². The molecule has 0 saturated carbocycles. The Morgan fingerprint density at radius 2 is 2.23 bits per heavy atom. The molecule has 0 aromatic rings. The average molecular weight is 220 g/mol. The van der Waals surface area contributed by atoms with Crippen LogP contribution in [0.5, 0.6) is 0 Å². The molecule has 78 valence electrons. The number of hydrogen-bond acceptors (Lipinski definition) is 2. The van der Waals surface area contributed by atoms with Crippen LogP contribution >= 0.6 is 10.8 Å². The molecule has 1 saturated heterocycles. The van der Waals surface area contributed by atoms with Gasteiger partial charge < -0.3 is 4.55 Å². The maximum absolute atomic E-state index is 11.4. The number of rotatable bonds is 5. The van der Waals surface area contributed by atoms with E-state index in [9.17, 15) is 4.55 Å². The van der Waals surface area contributed by atoms with Crippen molar-refractivity contribution in [3.63, 3.8) is 0 Å². The molecule has 0 spiro atoms. The van der Waals surface area contributed by atoms with Gasteiger partial charge in [0.25, 0.3) is 0 Å². The topological polar surface area (TPSA) is 23.1 Å². The van der Waals surface area contributed by atoms with E-state index < -0.39 is 10.2 Å². The normalized spacial score (nSPS) is 28.6. The Morgan fingerprint density at radius 1 is 1.46 bits per heavy atom. The van der Waals surface area contributed by atoms with Gasteiger partial charge in [-0.05, 0) is 18.8 Å². The van der Waals surface area contributed by atoms with E-state index in [1.54, 1.807) is 10.8 Å². The minimum absolute atomic E-state index is 0.511. The molecule has 0 N–H and O–H groups in total. The first-order valence-corrected chi connectivity index (χ1v) is 7.95. The van der Waals surface area contributed by atoms with Crippen LogP contribution in [0.4, 0.5) is 0 Å². The summed E-state index contributed by atoms with van der Waals surface area (Å²) in [5.41, 5.74) is 0. The second kappa shape index (κ2) is 6.20. The third kappa shape index (κ3) is 4.61. The highest BCUT2D eigenvalue weighted by Crippen LogP contribution is 2.33. The van der Waals surface area contributed by atoms with Crippen molar-refractivity contribution >= 4 is 21.0 Å². The van der Waals surface area contributed by atoms with Crippen LogP contribution in [0.25, 0.3) is 0 Å². The summed E-state index contributed by atoms with van der Waals surface area (Å²) in [6, 6.07) is 0. The molecule has 0 bridgehead atoms. The largest absolute Gasteiger partial charge is 0.605 e. The summed E-state index contributed by atoms with van der Waals surface area (Å²) in [5, 5.41) is 0.511. The van der Waals surface area contributed by atoms with Crippen molar-refractivity contribution in [2.75, 3.05) is 5.75 Å². The summed E-state index contributed by atoms with van der Waals surface area (Å²) in [7, 11) is 1.08. The van der Waals surface area contributed by atoms with Crippen LogP contribution in [-0.2, 0) is 10.2 Å². The van der Waals surface area contributed by atoms with Crippen LogP contribution in [0.1, 0.15) is 46.0 Å². The zero-order valence-corrected chi connectivity index (χ0v) is 10.3. The molecule has 2 atom stereocenters. The standard InChI is InChI=1S/C10H20OS2/c1-9(2)5-3-4-6-10-7-8-12-13(10)11/h9-10H,3-8H2,1-2H3/t10-,13-/m1/s1. The highest BCUT2D eigenvalue weighted by molar-refractivity contribution is 8.72. The Bertz CT molecular complexity index is 139. The highest BCUT2D eigenvalue weighted by Gasteiger charge is 2.30. The molecular formula is C10H20OS2. The van der Waals surface area contributed by atoms with E-state index in [4.69, 9.17) is 0 Å². The predicted molar refractivity (Wildman–Crippen MR) is 62.3 cm³/mol. The molecule has 0 amide bonds. The van der Waals surface area contributed by atoms with E-state index in [1.807, 2.05) is 0 Å². The molecule has 13 heavy (non-hydrogen) atoms. The van der Waals surface area contributed by atoms with E-state index in [0.29, 0.717) is 5.25 Å². The maximum atomic E-state index is 11.4. The molecular weight excluding hydrogens is 200 g/mol. The minimum atomic E-state index is -0.558. The molecule has 0 unspecified atom stereocenters. The molecule has 1 nitrogen and oxygen atoms in total. The molecule has 0 aromatic carbocycles. The molecule has 1 aliphatic rings. The summed E-state index contributed by atoms with van der Waals surface area (Å²) in [6.45, 7) is 4.53. The lowest BCUT2D eigenvalue weighted by Crippen LogP contribution is -2.11. The smallest absolute Gasteiger partial charge is 0.128 e. The van der Waals surface area contributed by atoms with Crippen LogP contribution in [0.2, 0.25) is 0 Å². The molecule has 1 aliphatic heterocycles. The third-order valence-corrected chi connectivity index (χ3v) is 6.13. The summed E-state index contributed by atoms with van der Waals surface area (Å²) in [6.07, 6.45) is 6.28. The molecule has 3 heteroatoms. The van der Waals surface area contributed by atoms with Crippen molar-refractivity contribution in [3.8, 4) is 0 Å². The van der Waals surface area contributed by atoms with E-state index in [-0.39, 0.29) is 0 Å². The van der Waals surface area contributed by atoms with Crippen molar-refractivity contribution in [1.29, 1.82) is 0 Å². The molecule has 0 aliphatic carbocycles. The van der Waals surface area contributed by atoms with Crippen molar-refractivity contribution in [2.45, 2.75) is 51.2 Å². The van der Waals surface area contributed by atoms with Gasteiger partial charge >= 0.3 is 0 Å². The summed E-state index contributed by atoms with van der Waals surface area (Å²) >= 11 is 0. The van der Waals surface area contributed by atoms with Gasteiger partial charge in [0.05, 0.1) is 10.8 Å². The van der Waals surface area contributed by atoms with Crippen LogP contribution in [0.15, 0.2) is 0 Å². The first-order valence-electron chi connectivity index (χ1n) is 5.24. The monoisotopic (exact) mass is 220 g/mol. The zero-order valence-electron chi connectivity index (χ0n) is 8.62. The van der Waals surface area contributed by atoms with E-state index in [2.05, 4.69) is 13.8 Å². The van der Waals surface area contributed by atoms with Crippen molar-refractivity contribution in [2.24, 2.45) is 5.92 Å². The Morgan fingerprint density at radius 3 is 2.77 bits per heavy atom. The zero-order chi connectivity index (χ0) is 9.68. The second-order valence-corrected chi connectivity index (χ2v) is 7.70. The lowest BCUT2D eigenvalue weighted by Gasteiger charge is -2.11. The Balaban J connectivity index is 1.99. The predicted octanol–water partition coefficient (Wildman–Crippen LogP) is 3.37. The van der Waals surface area contributed by atoms with Gasteiger partial charge in [0, 0.05) is 22.4 Å². The SMILES string of the molecule is CC(C)CCCC[C@@H]1CCS[S@@+]1[O-]. The molecule has 1 rings (SSSR count). The number of unbranched alkanes of at least 4 members (excludes halogenated alkanes) is 1. The fraction of sp³-hybridized carbons (Fsp3) is 1.00. The Labute approximate surface area is 88.6 Å². The lowest BCUT2D eigenvalue weighted by molar-refractivity contribution is 0.515. The fourth-order valence-corrected chi connectivity index (χ4v) is 5.11. The van der Waals surface area contributed by atoms with Gasteiger partial charge in [-0.15, -0.1) is 0 Å². The van der Waals surface area contributed by atoms with Crippen LogP contribution in [-0.4, -0.2) is 15.6 Å². The molecule has 1 heterocycles. The summed E-state index contributed by atoms with van der Waals surface area (Å²) in [5.74, 6) is 1.94. The third-order valence-electron chi connectivity index (χ3n) is 2.47. The Kier molecular flexibility index (Phi) is 5.60. The Hall–Kier alpha value is 0.660. The van der Waals surface area contributed by atoms with Gasteiger partial charge in [-0.2, -0.15) is 0 Å². The van der Waals surface area contributed by atoms with E-state index in [0.717, 1.165) is 11.7 Å². The van der Waals surface area contributed by atoms with Gasteiger partial charge in [-0.3, -0.25) is 0 Å². The van der Waals surface area contributed by atoms with Gasteiger partial charge in [0.2, 0.25) is 0 Å². The summed E-state index contributed by atoms with van der Waals surface area (Å²) in [4.78, 5) is 0. The van der Waals surface area contributed by atoms with E-state index in [1.165, 1.54) is 32.1 Å². The van der Waals surface area contributed by atoms with Crippen LogP contribution in [0, 0.1) is 5.92 Å². The first kappa shape index (κ1) is 11.7. The second-order valence-electron chi connectivity index (χ2n) is 4.17. The van der Waals surface area contributed by atoms with Gasteiger partial charge in [0.1, 0.15) is 5.25 Å². The van der Waals surface area contributed by atoms with Crippen molar-refractivity contribution in [3.05, 3.63) is 0 Å². The minimum Gasteiger partial charge on any atom is -0.605 e. The van der Waals surface area contributed by atoms with E-state index >= 15 is 0 Å². The summed E-state index contributed by atoms with van der Waals surface area (Å²) < 4.78 is 11.4. The fourth-order valence-electron chi connectivity index (χ4n) is 1.62.